The zero-order valence-corrected chi connectivity index (χ0v) is 11.2. The topological polar surface area (TPSA) is 42.2 Å². The van der Waals surface area contributed by atoms with Crippen LogP contribution in [0.1, 0.15) is 42.6 Å². The Morgan fingerprint density at radius 1 is 1.26 bits per heavy atom. The maximum atomic E-state index is 5.13. The molecule has 3 rings (SSSR count). The third-order valence-corrected chi connectivity index (χ3v) is 3.68. The first-order valence-electron chi connectivity index (χ1n) is 6.91. The van der Waals surface area contributed by atoms with E-state index in [1.807, 2.05) is 6.92 Å². The lowest BCUT2D eigenvalue weighted by molar-refractivity contribution is 0.131. The van der Waals surface area contributed by atoms with Crippen LogP contribution < -0.4 is 0 Å². The van der Waals surface area contributed by atoms with Crippen LogP contribution in [0.4, 0.5) is 0 Å². The highest BCUT2D eigenvalue weighted by molar-refractivity contribution is 5.15. The fraction of sp³-hybridized carbons (Fsp3) is 0.467. The largest absolute Gasteiger partial charge is 0.340 e. The van der Waals surface area contributed by atoms with E-state index in [0.29, 0.717) is 11.9 Å². The van der Waals surface area contributed by atoms with Crippen LogP contribution in [0.25, 0.3) is 0 Å². The third kappa shape index (κ3) is 2.84. The van der Waals surface area contributed by atoms with Crippen molar-refractivity contribution in [3.8, 4) is 0 Å². The monoisotopic (exact) mass is 257 g/mol. The Bertz CT molecular complexity index is 523. The van der Waals surface area contributed by atoms with Crippen molar-refractivity contribution in [1.29, 1.82) is 0 Å². The van der Waals surface area contributed by atoms with Crippen molar-refractivity contribution in [1.82, 2.24) is 15.0 Å². The highest BCUT2D eigenvalue weighted by Crippen LogP contribution is 2.30. The normalized spacial score (nSPS) is 20.6. The predicted molar refractivity (Wildman–Crippen MR) is 72.5 cm³/mol. The minimum atomic E-state index is 0.298. The van der Waals surface area contributed by atoms with E-state index >= 15 is 0 Å². The SMILES string of the molecule is Cc1nc(C2CCCCN2Cc2ccccc2)no1. The van der Waals surface area contributed by atoms with Gasteiger partial charge in [-0.2, -0.15) is 4.98 Å². The van der Waals surface area contributed by atoms with Crippen LogP contribution >= 0.6 is 0 Å². The van der Waals surface area contributed by atoms with Crippen molar-refractivity contribution in [3.63, 3.8) is 0 Å². The van der Waals surface area contributed by atoms with Crippen LogP contribution in [0.15, 0.2) is 34.9 Å². The number of rotatable bonds is 3. The molecule has 1 fully saturated rings. The van der Waals surface area contributed by atoms with Crippen molar-refractivity contribution < 1.29 is 4.52 Å². The number of aryl methyl sites for hydroxylation is 1. The maximum absolute atomic E-state index is 5.13. The van der Waals surface area contributed by atoms with Gasteiger partial charge in [0.1, 0.15) is 0 Å². The Balaban J connectivity index is 1.77. The maximum Gasteiger partial charge on any atom is 0.223 e. The second-order valence-electron chi connectivity index (χ2n) is 5.14. The molecule has 0 aliphatic carbocycles. The summed E-state index contributed by atoms with van der Waals surface area (Å²) < 4.78 is 5.13. The van der Waals surface area contributed by atoms with Crippen LogP contribution in [-0.4, -0.2) is 21.6 Å². The lowest BCUT2D eigenvalue weighted by Crippen LogP contribution is -2.33. The summed E-state index contributed by atoms with van der Waals surface area (Å²) in [6.07, 6.45) is 3.61. The molecule has 2 heterocycles. The molecule has 1 unspecified atom stereocenters. The molecule has 1 saturated heterocycles. The van der Waals surface area contributed by atoms with Gasteiger partial charge >= 0.3 is 0 Å². The van der Waals surface area contributed by atoms with E-state index < -0.39 is 0 Å². The number of benzene rings is 1. The molecule has 0 bridgehead atoms. The molecule has 1 aromatic carbocycles. The molecular weight excluding hydrogens is 238 g/mol. The van der Waals surface area contributed by atoms with Gasteiger partial charge in [0.2, 0.25) is 5.89 Å². The molecule has 0 radical (unpaired) electrons. The molecule has 1 aromatic heterocycles. The number of likely N-dealkylation sites (tertiary alicyclic amines) is 1. The van der Waals surface area contributed by atoms with Gasteiger partial charge < -0.3 is 4.52 Å². The fourth-order valence-corrected chi connectivity index (χ4v) is 2.74. The highest BCUT2D eigenvalue weighted by Gasteiger charge is 2.27. The molecule has 0 amide bonds. The van der Waals surface area contributed by atoms with Gasteiger partial charge in [0, 0.05) is 13.5 Å². The first-order chi connectivity index (χ1) is 9.33. The Hall–Kier alpha value is -1.68. The van der Waals surface area contributed by atoms with E-state index in [0.717, 1.165) is 25.3 Å². The van der Waals surface area contributed by atoms with Crippen molar-refractivity contribution >= 4 is 0 Å². The standard InChI is InChI=1S/C15H19N3O/c1-12-16-15(17-19-12)14-9-5-6-10-18(14)11-13-7-3-2-4-8-13/h2-4,7-8,14H,5-6,9-11H2,1H3. The Kier molecular flexibility index (Phi) is 3.60. The van der Waals surface area contributed by atoms with Gasteiger partial charge in [-0.15, -0.1) is 0 Å². The Labute approximate surface area is 113 Å². The molecule has 100 valence electrons. The molecular formula is C15H19N3O. The van der Waals surface area contributed by atoms with Gasteiger partial charge in [0.25, 0.3) is 0 Å². The molecule has 2 aromatic rings. The van der Waals surface area contributed by atoms with E-state index in [9.17, 15) is 0 Å². The summed E-state index contributed by atoms with van der Waals surface area (Å²) in [4.78, 5) is 6.87. The number of hydrogen-bond donors (Lipinski definition) is 0. The summed E-state index contributed by atoms with van der Waals surface area (Å²) in [5.74, 6) is 1.49. The van der Waals surface area contributed by atoms with Gasteiger partial charge in [-0.3, -0.25) is 4.90 Å². The molecule has 1 aliphatic heterocycles. The number of nitrogens with zero attached hydrogens (tertiary/aromatic N) is 3. The number of piperidine rings is 1. The number of aromatic nitrogens is 2. The summed E-state index contributed by atoms with van der Waals surface area (Å²) in [5, 5.41) is 4.10. The molecule has 0 N–H and O–H groups in total. The van der Waals surface area contributed by atoms with Crippen LogP contribution in [0.2, 0.25) is 0 Å². The molecule has 0 saturated carbocycles. The second kappa shape index (κ2) is 5.53. The van der Waals surface area contributed by atoms with E-state index in [2.05, 4.69) is 45.4 Å². The fourth-order valence-electron chi connectivity index (χ4n) is 2.74. The van der Waals surface area contributed by atoms with Crippen LogP contribution in [0, 0.1) is 6.92 Å². The molecule has 19 heavy (non-hydrogen) atoms. The van der Waals surface area contributed by atoms with Gasteiger partial charge in [0.15, 0.2) is 5.82 Å². The molecule has 0 spiro atoms. The van der Waals surface area contributed by atoms with Crippen molar-refractivity contribution in [3.05, 3.63) is 47.6 Å². The highest BCUT2D eigenvalue weighted by atomic mass is 16.5. The van der Waals surface area contributed by atoms with Crippen LogP contribution in [0.3, 0.4) is 0 Å². The van der Waals surface area contributed by atoms with Gasteiger partial charge in [-0.25, -0.2) is 0 Å². The van der Waals surface area contributed by atoms with Gasteiger partial charge in [-0.1, -0.05) is 41.9 Å². The average Bonchev–Trinajstić information content (AvgIpc) is 2.87. The van der Waals surface area contributed by atoms with Gasteiger partial charge in [-0.05, 0) is 24.9 Å². The first-order valence-corrected chi connectivity index (χ1v) is 6.91. The molecule has 1 atom stereocenters. The molecule has 4 heteroatoms. The lowest BCUT2D eigenvalue weighted by Gasteiger charge is -2.33. The molecule has 1 aliphatic rings. The zero-order valence-electron chi connectivity index (χ0n) is 11.2. The summed E-state index contributed by atoms with van der Waals surface area (Å²) >= 11 is 0. The van der Waals surface area contributed by atoms with E-state index in [4.69, 9.17) is 4.52 Å². The number of hydrogen-bond acceptors (Lipinski definition) is 4. The molecule has 4 nitrogen and oxygen atoms in total. The van der Waals surface area contributed by atoms with Crippen molar-refractivity contribution in [2.24, 2.45) is 0 Å². The third-order valence-electron chi connectivity index (χ3n) is 3.68. The van der Waals surface area contributed by atoms with E-state index in [1.54, 1.807) is 0 Å². The van der Waals surface area contributed by atoms with Crippen molar-refractivity contribution in [2.75, 3.05) is 6.54 Å². The van der Waals surface area contributed by atoms with Crippen LogP contribution in [0.5, 0.6) is 0 Å². The minimum Gasteiger partial charge on any atom is -0.340 e. The van der Waals surface area contributed by atoms with Crippen molar-refractivity contribution in [2.45, 2.75) is 38.8 Å². The van der Waals surface area contributed by atoms with E-state index in [1.165, 1.54) is 18.4 Å². The average molecular weight is 257 g/mol. The first kappa shape index (κ1) is 12.4. The Morgan fingerprint density at radius 3 is 2.84 bits per heavy atom. The summed E-state index contributed by atoms with van der Waals surface area (Å²) in [5.41, 5.74) is 1.34. The van der Waals surface area contributed by atoms with Crippen LogP contribution in [-0.2, 0) is 6.54 Å². The second-order valence-corrected chi connectivity index (χ2v) is 5.14. The predicted octanol–water partition coefficient (Wildman–Crippen LogP) is 3.11. The quantitative estimate of drug-likeness (QED) is 0.847. The minimum absolute atomic E-state index is 0.298. The summed E-state index contributed by atoms with van der Waals surface area (Å²) in [7, 11) is 0. The Morgan fingerprint density at radius 2 is 2.11 bits per heavy atom. The van der Waals surface area contributed by atoms with E-state index in [-0.39, 0.29) is 0 Å². The lowest BCUT2D eigenvalue weighted by atomic mass is 10.0. The summed E-state index contributed by atoms with van der Waals surface area (Å²) in [6.45, 7) is 3.91. The van der Waals surface area contributed by atoms with Gasteiger partial charge in [0.05, 0.1) is 6.04 Å². The summed E-state index contributed by atoms with van der Waals surface area (Å²) in [6, 6.07) is 10.9. The zero-order chi connectivity index (χ0) is 13.1. The smallest absolute Gasteiger partial charge is 0.223 e.